The maximum absolute atomic E-state index is 10.3. The van der Waals surface area contributed by atoms with E-state index in [0.717, 1.165) is 26.3 Å². The highest BCUT2D eigenvalue weighted by molar-refractivity contribution is 9.11. The minimum atomic E-state index is -0.984. The van der Waals surface area contributed by atoms with E-state index in [0.29, 0.717) is 0 Å². The van der Waals surface area contributed by atoms with Crippen LogP contribution in [-0.2, 0) is 4.79 Å². The molecular formula is C10H9Br2NO2. The van der Waals surface area contributed by atoms with Crippen LogP contribution >= 0.6 is 31.9 Å². The van der Waals surface area contributed by atoms with Gasteiger partial charge in [0.1, 0.15) is 0 Å². The lowest BCUT2D eigenvalue weighted by molar-refractivity contribution is -0.131. The van der Waals surface area contributed by atoms with Gasteiger partial charge in [0.15, 0.2) is 0 Å². The average Bonchev–Trinajstić information content (AvgIpc) is 2.08. The summed E-state index contributed by atoms with van der Waals surface area (Å²) in [6.07, 6.45) is 2.42. The van der Waals surface area contributed by atoms with Crippen LogP contribution in [0.2, 0.25) is 0 Å². The Morgan fingerprint density at radius 1 is 1.40 bits per heavy atom. The quantitative estimate of drug-likeness (QED) is 0.831. The zero-order chi connectivity index (χ0) is 11.4. The highest BCUT2D eigenvalue weighted by Crippen LogP contribution is 2.32. The van der Waals surface area contributed by atoms with Gasteiger partial charge >= 0.3 is 5.97 Å². The van der Waals surface area contributed by atoms with Crippen molar-refractivity contribution in [2.75, 3.05) is 5.32 Å². The number of carbonyl (C=O) groups is 1. The maximum Gasteiger partial charge on any atom is 0.329 e. The Morgan fingerprint density at radius 2 is 1.93 bits per heavy atom. The van der Waals surface area contributed by atoms with Gasteiger partial charge in [0.25, 0.3) is 0 Å². The van der Waals surface area contributed by atoms with Gasteiger partial charge in [-0.3, -0.25) is 0 Å². The third-order valence-electron chi connectivity index (χ3n) is 1.64. The molecule has 0 amide bonds. The molecule has 0 unspecified atom stereocenters. The molecule has 2 N–H and O–H groups in total. The van der Waals surface area contributed by atoms with E-state index in [-0.39, 0.29) is 0 Å². The van der Waals surface area contributed by atoms with Crippen LogP contribution in [-0.4, -0.2) is 11.1 Å². The SMILES string of the molecule is Cc1cc(Br)c(N/C=C/C(=O)O)c(Br)c1. The van der Waals surface area contributed by atoms with E-state index in [2.05, 4.69) is 37.2 Å². The number of nitrogens with one attached hydrogen (secondary N) is 1. The minimum Gasteiger partial charge on any atom is -0.478 e. The number of anilines is 1. The molecule has 0 aliphatic heterocycles. The molecule has 0 atom stereocenters. The maximum atomic E-state index is 10.3. The number of carboxylic acid groups (broad SMARTS) is 1. The summed E-state index contributed by atoms with van der Waals surface area (Å²) in [5.41, 5.74) is 1.92. The van der Waals surface area contributed by atoms with Gasteiger partial charge in [-0.05, 0) is 56.5 Å². The molecule has 0 aliphatic rings. The molecule has 0 aliphatic carbocycles. The van der Waals surface area contributed by atoms with Crippen LogP contribution in [0.5, 0.6) is 0 Å². The molecule has 1 aromatic carbocycles. The molecule has 0 fully saturated rings. The number of rotatable bonds is 3. The fourth-order valence-electron chi connectivity index (χ4n) is 1.03. The zero-order valence-electron chi connectivity index (χ0n) is 7.92. The van der Waals surface area contributed by atoms with Crippen molar-refractivity contribution in [1.82, 2.24) is 0 Å². The van der Waals surface area contributed by atoms with Gasteiger partial charge in [0, 0.05) is 21.2 Å². The summed E-state index contributed by atoms with van der Waals surface area (Å²) in [7, 11) is 0. The first-order valence-electron chi connectivity index (χ1n) is 4.12. The van der Waals surface area contributed by atoms with Crippen molar-refractivity contribution in [2.24, 2.45) is 0 Å². The lowest BCUT2D eigenvalue weighted by Gasteiger charge is -2.07. The highest BCUT2D eigenvalue weighted by atomic mass is 79.9. The zero-order valence-corrected chi connectivity index (χ0v) is 11.1. The lowest BCUT2D eigenvalue weighted by Crippen LogP contribution is -1.94. The van der Waals surface area contributed by atoms with E-state index in [1.54, 1.807) is 0 Å². The van der Waals surface area contributed by atoms with Crippen molar-refractivity contribution in [3.63, 3.8) is 0 Å². The molecular weight excluding hydrogens is 326 g/mol. The molecule has 80 valence electrons. The van der Waals surface area contributed by atoms with E-state index in [9.17, 15) is 4.79 Å². The number of carboxylic acids is 1. The van der Waals surface area contributed by atoms with Crippen LogP contribution < -0.4 is 5.32 Å². The number of benzene rings is 1. The van der Waals surface area contributed by atoms with E-state index in [1.165, 1.54) is 6.20 Å². The second-order valence-corrected chi connectivity index (χ2v) is 4.63. The monoisotopic (exact) mass is 333 g/mol. The average molecular weight is 335 g/mol. The molecule has 5 heteroatoms. The topological polar surface area (TPSA) is 49.3 Å². The fraction of sp³-hybridized carbons (Fsp3) is 0.100. The summed E-state index contributed by atoms with van der Waals surface area (Å²) in [6, 6.07) is 3.89. The second-order valence-electron chi connectivity index (χ2n) is 2.92. The summed E-state index contributed by atoms with van der Waals surface area (Å²) in [4.78, 5) is 10.3. The van der Waals surface area contributed by atoms with Crippen LogP contribution in [0.4, 0.5) is 5.69 Å². The first-order valence-corrected chi connectivity index (χ1v) is 5.71. The molecule has 0 saturated heterocycles. The van der Waals surface area contributed by atoms with Crippen molar-refractivity contribution >= 4 is 43.5 Å². The van der Waals surface area contributed by atoms with Crippen molar-refractivity contribution in [2.45, 2.75) is 6.92 Å². The van der Waals surface area contributed by atoms with E-state index in [1.807, 2.05) is 19.1 Å². The van der Waals surface area contributed by atoms with Crippen molar-refractivity contribution < 1.29 is 9.90 Å². The summed E-state index contributed by atoms with van der Waals surface area (Å²) >= 11 is 6.78. The van der Waals surface area contributed by atoms with Gasteiger partial charge in [-0.25, -0.2) is 4.79 Å². The van der Waals surface area contributed by atoms with Crippen LogP contribution in [0.15, 0.2) is 33.4 Å². The lowest BCUT2D eigenvalue weighted by atomic mass is 10.2. The fourth-order valence-corrected chi connectivity index (χ4v) is 2.68. The Hall–Kier alpha value is -0.810. The number of hydrogen-bond acceptors (Lipinski definition) is 2. The minimum absolute atomic E-state index is 0.804. The van der Waals surface area contributed by atoms with Crippen LogP contribution in [0.3, 0.4) is 0 Å². The van der Waals surface area contributed by atoms with E-state index < -0.39 is 5.97 Å². The molecule has 1 aromatic rings. The Bertz CT molecular complexity index is 393. The van der Waals surface area contributed by atoms with Gasteiger partial charge < -0.3 is 10.4 Å². The van der Waals surface area contributed by atoms with Gasteiger partial charge in [-0.1, -0.05) is 0 Å². The smallest absolute Gasteiger partial charge is 0.329 e. The number of aliphatic carboxylic acids is 1. The molecule has 0 spiro atoms. The Balaban J connectivity index is 2.90. The molecule has 3 nitrogen and oxygen atoms in total. The van der Waals surface area contributed by atoms with Gasteiger partial charge in [0.2, 0.25) is 0 Å². The first-order chi connectivity index (χ1) is 7.00. The molecule has 0 heterocycles. The molecule has 0 radical (unpaired) electrons. The van der Waals surface area contributed by atoms with Crippen LogP contribution in [0, 0.1) is 6.92 Å². The summed E-state index contributed by atoms with van der Waals surface area (Å²) in [5, 5.41) is 11.3. The van der Waals surface area contributed by atoms with E-state index in [4.69, 9.17) is 5.11 Å². The third-order valence-corrected chi connectivity index (χ3v) is 2.89. The third kappa shape index (κ3) is 3.68. The van der Waals surface area contributed by atoms with Gasteiger partial charge in [0.05, 0.1) is 5.69 Å². The molecule has 1 rings (SSSR count). The van der Waals surface area contributed by atoms with Crippen LogP contribution in [0.1, 0.15) is 5.56 Å². The Labute approximate surface area is 104 Å². The molecule has 0 aromatic heterocycles. The predicted octanol–water partition coefficient (Wildman–Crippen LogP) is 3.53. The van der Waals surface area contributed by atoms with Crippen molar-refractivity contribution in [3.8, 4) is 0 Å². The van der Waals surface area contributed by atoms with Crippen molar-refractivity contribution in [3.05, 3.63) is 38.9 Å². The molecule has 0 saturated carbocycles. The normalized spacial score (nSPS) is 10.6. The van der Waals surface area contributed by atoms with E-state index >= 15 is 0 Å². The van der Waals surface area contributed by atoms with Gasteiger partial charge in [-0.15, -0.1) is 0 Å². The standard InChI is InChI=1S/C10H9Br2NO2/c1-6-4-7(11)10(8(12)5-6)13-3-2-9(14)15/h2-5,13H,1H3,(H,14,15)/b3-2+. The molecule has 15 heavy (non-hydrogen) atoms. The second kappa shape index (κ2) is 5.32. The summed E-state index contributed by atoms with van der Waals surface area (Å²) in [6.45, 7) is 1.98. The summed E-state index contributed by atoms with van der Waals surface area (Å²) in [5.74, 6) is -0.984. The number of halogens is 2. The van der Waals surface area contributed by atoms with Gasteiger partial charge in [-0.2, -0.15) is 0 Å². The Kier molecular flexibility index (Phi) is 4.35. The first kappa shape index (κ1) is 12.3. The van der Waals surface area contributed by atoms with Crippen molar-refractivity contribution in [1.29, 1.82) is 0 Å². The number of aryl methyl sites for hydroxylation is 1. The number of hydrogen-bond donors (Lipinski definition) is 2. The van der Waals surface area contributed by atoms with Crippen LogP contribution in [0.25, 0.3) is 0 Å². The Morgan fingerprint density at radius 3 is 2.40 bits per heavy atom. The summed E-state index contributed by atoms with van der Waals surface area (Å²) < 4.78 is 1.76. The predicted molar refractivity (Wildman–Crippen MR) is 67.0 cm³/mol. The largest absolute Gasteiger partial charge is 0.478 e. The molecule has 0 bridgehead atoms. The highest BCUT2D eigenvalue weighted by Gasteiger charge is 2.04.